The lowest BCUT2D eigenvalue weighted by Gasteiger charge is -2.21. The second-order valence-corrected chi connectivity index (χ2v) is 5.40. The first-order valence-corrected chi connectivity index (χ1v) is 7.36. The molecule has 6 heteroatoms. The van der Waals surface area contributed by atoms with E-state index in [1.165, 1.54) is 0 Å². The van der Waals surface area contributed by atoms with Gasteiger partial charge in [0.1, 0.15) is 5.82 Å². The summed E-state index contributed by atoms with van der Waals surface area (Å²) in [7, 11) is 5.31. The zero-order valence-corrected chi connectivity index (χ0v) is 13.8. The Bertz CT molecular complexity index is 829. The smallest absolute Gasteiger partial charge is 0.161 e. The van der Waals surface area contributed by atoms with E-state index in [4.69, 9.17) is 9.47 Å². The van der Waals surface area contributed by atoms with Crippen molar-refractivity contribution < 1.29 is 9.47 Å². The van der Waals surface area contributed by atoms with E-state index in [1.54, 1.807) is 20.4 Å². The van der Waals surface area contributed by atoms with Crippen LogP contribution in [0.25, 0.3) is 5.65 Å². The third kappa shape index (κ3) is 2.92. The molecule has 0 amide bonds. The minimum atomic E-state index is 0.721. The summed E-state index contributed by atoms with van der Waals surface area (Å²) in [6, 6.07) is 9.88. The van der Waals surface area contributed by atoms with Crippen LogP contribution < -0.4 is 14.4 Å². The van der Waals surface area contributed by atoms with E-state index >= 15 is 0 Å². The maximum atomic E-state index is 5.37. The largest absolute Gasteiger partial charge is 0.493 e. The molecule has 2 aromatic heterocycles. The van der Waals surface area contributed by atoms with Crippen molar-refractivity contribution in [3.63, 3.8) is 0 Å². The molecule has 6 nitrogen and oxygen atoms in total. The summed E-state index contributed by atoms with van der Waals surface area (Å²) >= 11 is 0. The number of fused-ring (bicyclic) bond motifs is 1. The highest BCUT2D eigenvalue weighted by atomic mass is 16.5. The van der Waals surface area contributed by atoms with Gasteiger partial charge in [-0.25, -0.2) is 4.98 Å². The Hall–Kier alpha value is -2.76. The molecule has 0 spiro atoms. The molecular formula is C17H20N4O2. The van der Waals surface area contributed by atoms with Crippen LogP contribution in [-0.4, -0.2) is 35.9 Å². The van der Waals surface area contributed by atoms with Crippen molar-refractivity contribution in [3.8, 4) is 11.5 Å². The molecule has 120 valence electrons. The van der Waals surface area contributed by atoms with Gasteiger partial charge in [0, 0.05) is 31.4 Å². The lowest BCUT2D eigenvalue weighted by atomic mass is 10.2. The van der Waals surface area contributed by atoms with Crippen molar-refractivity contribution in [2.45, 2.75) is 13.5 Å². The number of hydrogen-bond donors (Lipinski definition) is 0. The second-order valence-electron chi connectivity index (χ2n) is 5.40. The quantitative estimate of drug-likeness (QED) is 0.725. The van der Waals surface area contributed by atoms with Gasteiger partial charge in [-0.05, 0) is 24.6 Å². The van der Waals surface area contributed by atoms with Gasteiger partial charge in [-0.3, -0.25) is 0 Å². The lowest BCUT2D eigenvalue weighted by Crippen LogP contribution is -2.20. The van der Waals surface area contributed by atoms with Crippen molar-refractivity contribution in [1.82, 2.24) is 14.6 Å². The van der Waals surface area contributed by atoms with Gasteiger partial charge in [-0.2, -0.15) is 9.61 Å². The molecular weight excluding hydrogens is 292 g/mol. The molecule has 3 aromatic rings. The second kappa shape index (κ2) is 6.16. The zero-order chi connectivity index (χ0) is 16.4. The fourth-order valence-corrected chi connectivity index (χ4v) is 2.62. The van der Waals surface area contributed by atoms with Crippen LogP contribution in [0.15, 0.2) is 36.5 Å². The number of rotatable bonds is 5. The lowest BCUT2D eigenvalue weighted by molar-refractivity contribution is 0.354. The van der Waals surface area contributed by atoms with Gasteiger partial charge in [0.2, 0.25) is 0 Å². The topological polar surface area (TPSA) is 51.9 Å². The maximum Gasteiger partial charge on any atom is 0.161 e. The Morgan fingerprint density at radius 2 is 1.87 bits per heavy atom. The standard InChI is InChI=1S/C17H20N4O2/c1-12-9-17(21-16(19-12)7-8-18-21)20(2)11-13-5-6-14(22-3)15(10-13)23-4/h5-10H,11H2,1-4H3. The first kappa shape index (κ1) is 15.1. The van der Waals surface area contributed by atoms with Gasteiger partial charge in [0.05, 0.1) is 20.4 Å². The van der Waals surface area contributed by atoms with Gasteiger partial charge >= 0.3 is 0 Å². The molecule has 0 saturated heterocycles. The Morgan fingerprint density at radius 1 is 1.09 bits per heavy atom. The summed E-state index contributed by atoms with van der Waals surface area (Å²) < 4.78 is 12.5. The minimum Gasteiger partial charge on any atom is -0.493 e. The maximum absolute atomic E-state index is 5.37. The molecule has 0 fully saturated rings. The van der Waals surface area contributed by atoms with Crippen LogP contribution >= 0.6 is 0 Å². The van der Waals surface area contributed by atoms with Crippen LogP contribution in [0.4, 0.5) is 5.82 Å². The monoisotopic (exact) mass is 312 g/mol. The molecule has 23 heavy (non-hydrogen) atoms. The van der Waals surface area contributed by atoms with E-state index < -0.39 is 0 Å². The molecule has 0 atom stereocenters. The Kier molecular flexibility index (Phi) is 4.06. The number of ether oxygens (including phenoxy) is 2. The van der Waals surface area contributed by atoms with Crippen LogP contribution in [-0.2, 0) is 6.54 Å². The average Bonchev–Trinajstić information content (AvgIpc) is 3.01. The molecule has 0 aliphatic rings. The van der Waals surface area contributed by atoms with Crippen LogP contribution in [0.5, 0.6) is 11.5 Å². The highest BCUT2D eigenvalue weighted by Gasteiger charge is 2.11. The fraction of sp³-hybridized carbons (Fsp3) is 0.294. The van der Waals surface area contributed by atoms with E-state index in [2.05, 4.69) is 15.0 Å². The molecule has 0 aliphatic carbocycles. The van der Waals surface area contributed by atoms with Crippen molar-refractivity contribution in [3.05, 3.63) is 47.8 Å². The summed E-state index contributed by atoms with van der Waals surface area (Å²) in [6.45, 7) is 2.71. The molecule has 0 bridgehead atoms. The van der Waals surface area contributed by atoms with E-state index in [0.29, 0.717) is 0 Å². The Balaban J connectivity index is 1.91. The van der Waals surface area contributed by atoms with Crippen LogP contribution in [0.2, 0.25) is 0 Å². The van der Waals surface area contributed by atoms with Crippen LogP contribution in [0.3, 0.4) is 0 Å². The minimum absolute atomic E-state index is 0.721. The van der Waals surface area contributed by atoms with Crippen LogP contribution in [0, 0.1) is 6.92 Å². The van der Waals surface area contributed by atoms with Gasteiger partial charge < -0.3 is 14.4 Å². The molecule has 1 aromatic carbocycles. The predicted octanol–water partition coefficient (Wildman–Crippen LogP) is 2.69. The van der Waals surface area contributed by atoms with Gasteiger partial charge in [0.25, 0.3) is 0 Å². The summed E-state index contributed by atoms with van der Waals surface area (Å²) in [6.07, 6.45) is 1.76. The SMILES string of the molecule is COc1ccc(CN(C)c2cc(C)nc3ccnn23)cc1OC. The van der Waals surface area contributed by atoms with Gasteiger partial charge in [-0.1, -0.05) is 6.07 Å². The highest BCUT2D eigenvalue weighted by Crippen LogP contribution is 2.28. The number of anilines is 1. The molecule has 2 heterocycles. The number of aromatic nitrogens is 3. The fourth-order valence-electron chi connectivity index (χ4n) is 2.62. The highest BCUT2D eigenvalue weighted by molar-refractivity contribution is 5.51. The average molecular weight is 312 g/mol. The predicted molar refractivity (Wildman–Crippen MR) is 89.4 cm³/mol. The molecule has 0 saturated carbocycles. The first-order chi connectivity index (χ1) is 11.1. The molecule has 3 rings (SSSR count). The van der Waals surface area contributed by atoms with Crippen molar-refractivity contribution >= 4 is 11.5 Å². The normalized spacial score (nSPS) is 10.8. The van der Waals surface area contributed by atoms with Crippen molar-refractivity contribution in [2.75, 3.05) is 26.2 Å². The summed E-state index contributed by atoms with van der Waals surface area (Å²) in [5, 5.41) is 4.35. The van der Waals surface area contributed by atoms with Crippen molar-refractivity contribution in [2.24, 2.45) is 0 Å². The summed E-state index contributed by atoms with van der Waals surface area (Å²) in [4.78, 5) is 6.61. The number of benzene rings is 1. The summed E-state index contributed by atoms with van der Waals surface area (Å²) in [5.74, 6) is 2.45. The van der Waals surface area contributed by atoms with E-state index in [1.807, 2.05) is 48.8 Å². The number of hydrogen-bond acceptors (Lipinski definition) is 5. The third-order valence-electron chi connectivity index (χ3n) is 3.73. The summed E-state index contributed by atoms with van der Waals surface area (Å²) in [5.41, 5.74) is 2.94. The third-order valence-corrected chi connectivity index (χ3v) is 3.73. The number of aryl methyl sites for hydroxylation is 1. The van der Waals surface area contributed by atoms with E-state index in [0.717, 1.165) is 40.8 Å². The van der Waals surface area contributed by atoms with Crippen LogP contribution in [0.1, 0.15) is 11.3 Å². The van der Waals surface area contributed by atoms with Crippen molar-refractivity contribution in [1.29, 1.82) is 0 Å². The van der Waals surface area contributed by atoms with Gasteiger partial charge in [0.15, 0.2) is 17.1 Å². The molecule has 0 aliphatic heterocycles. The molecule has 0 radical (unpaired) electrons. The Labute approximate surface area is 135 Å². The van der Waals surface area contributed by atoms with E-state index in [9.17, 15) is 0 Å². The molecule has 0 N–H and O–H groups in total. The molecule has 0 unspecified atom stereocenters. The number of nitrogens with zero attached hydrogens (tertiary/aromatic N) is 4. The Morgan fingerprint density at radius 3 is 2.61 bits per heavy atom. The number of methoxy groups -OCH3 is 2. The zero-order valence-electron chi connectivity index (χ0n) is 13.8. The van der Waals surface area contributed by atoms with E-state index in [-0.39, 0.29) is 0 Å². The first-order valence-electron chi connectivity index (χ1n) is 7.36. The van der Waals surface area contributed by atoms with Gasteiger partial charge in [-0.15, -0.1) is 0 Å².